The number of allylic oxidation sites excluding steroid dienone is 4. The van der Waals surface area contributed by atoms with E-state index in [1.807, 2.05) is 30.3 Å². The maximum Gasteiger partial charge on any atom is 0.357 e. The number of fused-ring (bicyclic) bond motifs is 3. The van der Waals surface area contributed by atoms with Gasteiger partial charge in [0.05, 0.1) is 17.8 Å². The Labute approximate surface area is 222 Å². The van der Waals surface area contributed by atoms with Crippen molar-refractivity contribution in [1.29, 1.82) is 0 Å². The summed E-state index contributed by atoms with van der Waals surface area (Å²) in [7, 11) is 0. The summed E-state index contributed by atoms with van der Waals surface area (Å²) in [4.78, 5) is 22.9. The van der Waals surface area contributed by atoms with Gasteiger partial charge in [-0.25, -0.2) is 9.78 Å². The predicted octanol–water partition coefficient (Wildman–Crippen LogP) is 8.36. The summed E-state index contributed by atoms with van der Waals surface area (Å²) in [5.74, 6) is -0.489. The van der Waals surface area contributed by atoms with Gasteiger partial charge in [0, 0.05) is 28.1 Å². The highest BCUT2D eigenvalue weighted by molar-refractivity contribution is 6.19. The maximum atomic E-state index is 13.3. The first-order chi connectivity index (χ1) is 18.5. The zero-order valence-electron chi connectivity index (χ0n) is 21.6. The van der Waals surface area contributed by atoms with Gasteiger partial charge in [0.2, 0.25) is 0 Å². The number of hydrogen-bond donors (Lipinski definition) is 0. The number of pyridine rings is 2. The Kier molecular flexibility index (Phi) is 6.96. The first-order valence-electron chi connectivity index (χ1n) is 12.6. The molecule has 0 atom stereocenters. The molecule has 38 heavy (non-hydrogen) atoms. The number of aryl methyl sites for hydroxylation is 1. The van der Waals surface area contributed by atoms with E-state index in [1.165, 1.54) is 5.56 Å². The number of esters is 1. The lowest BCUT2D eigenvalue weighted by molar-refractivity contribution is 0.0522. The number of rotatable bonds is 7. The van der Waals surface area contributed by atoms with Gasteiger partial charge in [0.15, 0.2) is 5.69 Å². The van der Waals surface area contributed by atoms with Crippen LogP contribution in [-0.4, -0.2) is 22.5 Å². The molecule has 5 aromatic rings. The average molecular weight is 497 g/mol. The van der Waals surface area contributed by atoms with E-state index >= 15 is 0 Å². The van der Waals surface area contributed by atoms with Crippen LogP contribution < -0.4 is 0 Å². The number of ether oxygens (including phenoxy) is 1. The van der Waals surface area contributed by atoms with Gasteiger partial charge in [-0.2, -0.15) is 0 Å². The van der Waals surface area contributed by atoms with Gasteiger partial charge in [-0.05, 0) is 54.1 Å². The summed E-state index contributed by atoms with van der Waals surface area (Å²) in [6.45, 7) is 11.9. The van der Waals surface area contributed by atoms with Crippen LogP contribution in [0, 0.1) is 6.92 Å². The van der Waals surface area contributed by atoms with E-state index in [2.05, 4.69) is 73.6 Å². The molecule has 0 aliphatic carbocycles. The summed E-state index contributed by atoms with van der Waals surface area (Å²) in [5, 5.41) is 2.42. The fourth-order valence-corrected chi connectivity index (χ4v) is 4.74. The van der Waals surface area contributed by atoms with Crippen LogP contribution in [0.2, 0.25) is 0 Å². The summed E-state index contributed by atoms with van der Waals surface area (Å²) in [6.07, 6.45) is 6.97. The Morgan fingerprint density at radius 1 is 0.895 bits per heavy atom. The molecule has 0 radical (unpaired) electrons. The number of nitrogens with zero attached hydrogens (tertiary/aromatic N) is 2. The molecule has 0 N–H and O–H groups in total. The van der Waals surface area contributed by atoms with Crippen LogP contribution in [-0.2, 0) is 4.74 Å². The molecule has 0 aliphatic heterocycles. The molecule has 3 aromatic carbocycles. The van der Waals surface area contributed by atoms with E-state index in [4.69, 9.17) is 9.72 Å². The molecule has 0 fully saturated rings. The van der Waals surface area contributed by atoms with Crippen molar-refractivity contribution in [1.82, 2.24) is 9.97 Å². The SMILES string of the molecule is C=C/C=C(\C=C)c1nccc2c1c(C(=O)OCC)nc1c(-c3ccccc3)cc(-c3ccc(C)cc3)cc12. The number of aromatic nitrogens is 2. The second-order valence-corrected chi connectivity index (χ2v) is 8.98. The molecule has 4 heteroatoms. The van der Waals surface area contributed by atoms with Crippen LogP contribution in [0.4, 0.5) is 0 Å². The summed E-state index contributed by atoms with van der Waals surface area (Å²) in [5.41, 5.74) is 7.63. The average Bonchev–Trinajstić information content (AvgIpc) is 2.95. The topological polar surface area (TPSA) is 52.1 Å². The van der Waals surface area contributed by atoms with Crippen molar-refractivity contribution >= 4 is 33.2 Å². The van der Waals surface area contributed by atoms with Crippen molar-refractivity contribution in [2.75, 3.05) is 6.61 Å². The predicted molar refractivity (Wildman–Crippen MR) is 157 cm³/mol. The molecule has 0 aliphatic rings. The van der Waals surface area contributed by atoms with Crippen molar-refractivity contribution in [3.63, 3.8) is 0 Å². The highest BCUT2D eigenvalue weighted by Gasteiger charge is 2.23. The van der Waals surface area contributed by atoms with E-state index < -0.39 is 5.97 Å². The minimum atomic E-state index is -0.489. The van der Waals surface area contributed by atoms with Gasteiger partial charge < -0.3 is 4.74 Å². The van der Waals surface area contributed by atoms with Crippen LogP contribution in [0.25, 0.3) is 49.5 Å². The fraction of sp³-hybridized carbons (Fsp3) is 0.0882. The molecule has 5 rings (SSSR count). The second kappa shape index (κ2) is 10.7. The zero-order valence-corrected chi connectivity index (χ0v) is 21.6. The molecule has 0 amide bonds. The van der Waals surface area contributed by atoms with Crippen LogP contribution >= 0.6 is 0 Å². The highest BCUT2D eigenvalue weighted by Crippen LogP contribution is 2.39. The number of benzene rings is 3. The zero-order chi connectivity index (χ0) is 26.6. The molecular formula is C34H28N2O2. The third kappa shape index (κ3) is 4.53. The number of carbonyl (C=O) groups excluding carboxylic acids is 1. The minimum Gasteiger partial charge on any atom is -0.461 e. The van der Waals surface area contributed by atoms with E-state index in [0.717, 1.165) is 44.1 Å². The van der Waals surface area contributed by atoms with E-state index in [1.54, 1.807) is 25.3 Å². The van der Waals surface area contributed by atoms with Crippen LogP contribution in [0.5, 0.6) is 0 Å². The van der Waals surface area contributed by atoms with Gasteiger partial charge in [0.25, 0.3) is 0 Å². The summed E-state index contributed by atoms with van der Waals surface area (Å²) >= 11 is 0. The lowest BCUT2D eigenvalue weighted by Crippen LogP contribution is -2.10. The largest absolute Gasteiger partial charge is 0.461 e. The Bertz CT molecular complexity index is 1720. The molecule has 0 spiro atoms. The molecule has 4 nitrogen and oxygen atoms in total. The molecule has 0 bridgehead atoms. The minimum absolute atomic E-state index is 0.231. The van der Waals surface area contributed by atoms with Gasteiger partial charge in [0.1, 0.15) is 0 Å². The number of carbonyl (C=O) groups is 1. The Hall–Kier alpha value is -4.83. The monoisotopic (exact) mass is 496 g/mol. The molecular weight excluding hydrogens is 468 g/mol. The van der Waals surface area contributed by atoms with Crippen molar-refractivity contribution in [3.05, 3.63) is 127 Å². The lowest BCUT2D eigenvalue weighted by atomic mass is 9.92. The second-order valence-electron chi connectivity index (χ2n) is 8.98. The first-order valence-corrected chi connectivity index (χ1v) is 12.6. The fourth-order valence-electron chi connectivity index (χ4n) is 4.74. The van der Waals surface area contributed by atoms with Crippen LogP contribution in [0.1, 0.15) is 28.7 Å². The Balaban J connectivity index is 1.97. The highest BCUT2D eigenvalue weighted by atomic mass is 16.5. The van der Waals surface area contributed by atoms with Crippen molar-refractivity contribution in [2.45, 2.75) is 13.8 Å². The molecule has 0 unspecified atom stereocenters. The third-order valence-electron chi connectivity index (χ3n) is 6.54. The van der Waals surface area contributed by atoms with Crippen molar-refractivity contribution in [2.24, 2.45) is 0 Å². The van der Waals surface area contributed by atoms with Crippen molar-refractivity contribution < 1.29 is 9.53 Å². The smallest absolute Gasteiger partial charge is 0.357 e. The molecule has 186 valence electrons. The molecule has 0 saturated carbocycles. The first kappa shape index (κ1) is 24.8. The Morgan fingerprint density at radius 2 is 1.66 bits per heavy atom. The molecule has 0 saturated heterocycles. The summed E-state index contributed by atoms with van der Waals surface area (Å²) in [6, 6.07) is 24.8. The lowest BCUT2D eigenvalue weighted by Gasteiger charge is -2.16. The third-order valence-corrected chi connectivity index (χ3v) is 6.54. The van der Waals surface area contributed by atoms with Gasteiger partial charge >= 0.3 is 5.97 Å². The number of hydrogen-bond acceptors (Lipinski definition) is 4. The van der Waals surface area contributed by atoms with E-state index in [9.17, 15) is 4.79 Å². The van der Waals surface area contributed by atoms with Gasteiger partial charge in [-0.1, -0.05) is 91.5 Å². The maximum absolute atomic E-state index is 13.3. The van der Waals surface area contributed by atoms with Gasteiger partial charge in [-0.3, -0.25) is 4.98 Å². The Morgan fingerprint density at radius 3 is 2.34 bits per heavy atom. The normalized spacial score (nSPS) is 11.5. The molecule has 2 heterocycles. The van der Waals surface area contributed by atoms with Gasteiger partial charge in [-0.15, -0.1) is 0 Å². The van der Waals surface area contributed by atoms with Crippen LogP contribution in [0.15, 0.2) is 110 Å². The van der Waals surface area contributed by atoms with Crippen molar-refractivity contribution in [3.8, 4) is 22.3 Å². The quantitative estimate of drug-likeness (QED) is 0.129. The van der Waals surface area contributed by atoms with E-state index in [-0.39, 0.29) is 12.3 Å². The standard InChI is InChI=1S/C34H28N2O2/c1-5-11-23(6-2)31-30-27(18-19-35-31)29-21-26(24-16-14-22(4)15-17-24)20-28(25-12-9-8-10-13-25)32(29)36-33(30)34(37)38-7-3/h5-6,8-21H,1-2,7H2,3-4H3/b23-11+. The molecule has 2 aromatic heterocycles. The van der Waals surface area contributed by atoms with E-state index in [0.29, 0.717) is 11.1 Å². The summed E-state index contributed by atoms with van der Waals surface area (Å²) < 4.78 is 5.47. The van der Waals surface area contributed by atoms with Crippen LogP contribution in [0.3, 0.4) is 0 Å².